The first-order valence-corrected chi connectivity index (χ1v) is 9.56. The van der Waals surface area contributed by atoms with Crippen molar-refractivity contribution in [2.45, 2.75) is 18.1 Å². The zero-order valence-electron chi connectivity index (χ0n) is 13.9. The molecular weight excluding hydrogens is 356 g/mol. The predicted molar refractivity (Wildman–Crippen MR) is 96.8 cm³/mol. The quantitative estimate of drug-likeness (QED) is 0.731. The van der Waals surface area contributed by atoms with Gasteiger partial charge in [0.1, 0.15) is 11.3 Å². The minimum atomic E-state index is -3.45. The molecule has 0 unspecified atom stereocenters. The van der Waals surface area contributed by atoms with Crippen molar-refractivity contribution in [3.63, 3.8) is 0 Å². The molecule has 3 heterocycles. The third-order valence-electron chi connectivity index (χ3n) is 4.18. The summed E-state index contributed by atoms with van der Waals surface area (Å²) >= 11 is 0. The first-order valence-electron chi connectivity index (χ1n) is 8.01. The minimum absolute atomic E-state index is 0.192. The summed E-state index contributed by atoms with van der Waals surface area (Å²) in [6.45, 7) is 0. The average Bonchev–Trinajstić information content (AvgIpc) is 3.47. The van der Waals surface area contributed by atoms with Crippen LogP contribution >= 0.6 is 0 Å². The van der Waals surface area contributed by atoms with E-state index in [1.807, 2.05) is 0 Å². The van der Waals surface area contributed by atoms with Crippen molar-refractivity contribution in [1.29, 1.82) is 0 Å². The Kier molecular flexibility index (Phi) is 3.87. The SMILES string of the molecule is COc1ncc(-c2ccc3nccc(=O)n3c2)cc1NS(=O)(=O)C1CC1. The largest absolute Gasteiger partial charge is 0.480 e. The standard InChI is InChI=1S/C17H16N4O4S/c1-25-17-14(20-26(23,24)13-3-4-13)8-12(9-19-17)11-2-5-15-18-7-6-16(22)21(15)10-11/h2,5-10,13,20H,3-4H2,1H3. The Morgan fingerprint density at radius 3 is 2.73 bits per heavy atom. The summed E-state index contributed by atoms with van der Waals surface area (Å²) in [7, 11) is -2.02. The van der Waals surface area contributed by atoms with Gasteiger partial charge in [0.2, 0.25) is 15.9 Å². The number of sulfonamides is 1. The molecule has 0 saturated heterocycles. The third kappa shape index (κ3) is 3.01. The Labute approximate surface area is 149 Å². The molecule has 1 saturated carbocycles. The number of rotatable bonds is 5. The molecule has 0 bridgehead atoms. The van der Waals surface area contributed by atoms with Gasteiger partial charge in [0.05, 0.1) is 12.4 Å². The molecule has 3 aromatic heterocycles. The molecule has 0 radical (unpaired) electrons. The summed E-state index contributed by atoms with van der Waals surface area (Å²) in [5.41, 5.74) is 1.95. The van der Waals surface area contributed by atoms with Gasteiger partial charge in [0, 0.05) is 35.8 Å². The molecule has 1 aliphatic carbocycles. The van der Waals surface area contributed by atoms with Crippen molar-refractivity contribution in [2.75, 3.05) is 11.8 Å². The first-order chi connectivity index (χ1) is 12.5. The number of nitrogens with zero attached hydrogens (tertiary/aromatic N) is 3. The number of hydrogen-bond donors (Lipinski definition) is 1. The highest BCUT2D eigenvalue weighted by molar-refractivity contribution is 7.93. The second-order valence-electron chi connectivity index (χ2n) is 6.06. The van der Waals surface area contributed by atoms with E-state index in [9.17, 15) is 13.2 Å². The van der Waals surface area contributed by atoms with E-state index >= 15 is 0 Å². The van der Waals surface area contributed by atoms with E-state index in [-0.39, 0.29) is 22.4 Å². The van der Waals surface area contributed by atoms with Gasteiger partial charge in [-0.15, -0.1) is 0 Å². The van der Waals surface area contributed by atoms with Gasteiger partial charge in [-0.1, -0.05) is 0 Å². The van der Waals surface area contributed by atoms with E-state index in [0.29, 0.717) is 29.6 Å². The number of aromatic nitrogens is 3. The number of pyridine rings is 2. The number of fused-ring (bicyclic) bond motifs is 1. The zero-order valence-corrected chi connectivity index (χ0v) is 14.7. The van der Waals surface area contributed by atoms with Crippen molar-refractivity contribution in [3.8, 4) is 17.0 Å². The molecule has 0 aromatic carbocycles. The fourth-order valence-electron chi connectivity index (χ4n) is 2.66. The molecule has 1 fully saturated rings. The summed E-state index contributed by atoms with van der Waals surface area (Å²) in [6, 6.07) is 6.53. The molecule has 134 valence electrons. The molecule has 0 amide bonds. The van der Waals surface area contributed by atoms with Gasteiger partial charge >= 0.3 is 0 Å². The van der Waals surface area contributed by atoms with Gasteiger partial charge in [0.25, 0.3) is 5.56 Å². The maximum absolute atomic E-state index is 12.2. The highest BCUT2D eigenvalue weighted by Crippen LogP contribution is 2.33. The van der Waals surface area contributed by atoms with Gasteiger partial charge < -0.3 is 4.74 Å². The lowest BCUT2D eigenvalue weighted by atomic mass is 10.1. The van der Waals surface area contributed by atoms with Crippen LogP contribution in [0.1, 0.15) is 12.8 Å². The number of ether oxygens (including phenoxy) is 1. The second kappa shape index (κ2) is 6.10. The molecule has 0 aliphatic heterocycles. The van der Waals surface area contributed by atoms with Crippen molar-refractivity contribution < 1.29 is 13.2 Å². The lowest BCUT2D eigenvalue weighted by Crippen LogP contribution is -2.18. The molecular formula is C17H16N4O4S. The molecule has 0 atom stereocenters. The van der Waals surface area contributed by atoms with Gasteiger partial charge in [0.15, 0.2) is 0 Å². The van der Waals surface area contributed by atoms with Crippen LogP contribution in [0.4, 0.5) is 5.69 Å². The molecule has 4 rings (SSSR count). The molecule has 1 N–H and O–H groups in total. The van der Waals surface area contributed by atoms with Gasteiger partial charge in [-0.2, -0.15) is 0 Å². The molecule has 9 heteroatoms. The predicted octanol–water partition coefficient (Wildman–Crippen LogP) is 1.67. The van der Waals surface area contributed by atoms with E-state index in [4.69, 9.17) is 4.74 Å². The van der Waals surface area contributed by atoms with Crippen molar-refractivity contribution >= 4 is 21.4 Å². The molecule has 3 aromatic rings. The Bertz CT molecular complexity index is 1150. The fourth-order valence-corrected chi connectivity index (χ4v) is 4.04. The van der Waals surface area contributed by atoms with Crippen LogP contribution in [0.15, 0.2) is 47.7 Å². The zero-order chi connectivity index (χ0) is 18.3. The summed E-state index contributed by atoms with van der Waals surface area (Å²) < 4.78 is 33.7. The van der Waals surface area contributed by atoms with E-state index in [2.05, 4.69) is 14.7 Å². The summed E-state index contributed by atoms with van der Waals surface area (Å²) in [6.07, 6.45) is 5.98. The molecule has 0 spiro atoms. The second-order valence-corrected chi connectivity index (χ2v) is 8.02. The van der Waals surface area contributed by atoms with E-state index in [1.54, 1.807) is 30.6 Å². The molecule has 8 nitrogen and oxygen atoms in total. The highest BCUT2D eigenvalue weighted by Gasteiger charge is 2.36. The van der Waals surface area contributed by atoms with Crippen LogP contribution in [-0.4, -0.2) is 35.1 Å². The van der Waals surface area contributed by atoms with Crippen LogP contribution in [0.3, 0.4) is 0 Å². The first kappa shape index (κ1) is 16.5. The molecule has 1 aliphatic rings. The van der Waals surface area contributed by atoms with Crippen LogP contribution < -0.4 is 15.0 Å². The monoisotopic (exact) mass is 372 g/mol. The van der Waals surface area contributed by atoms with Gasteiger partial charge in [-0.3, -0.25) is 13.9 Å². The van der Waals surface area contributed by atoms with Crippen LogP contribution in [-0.2, 0) is 10.0 Å². The maximum atomic E-state index is 12.2. The Morgan fingerprint density at radius 1 is 1.19 bits per heavy atom. The van der Waals surface area contributed by atoms with Crippen LogP contribution in [0.2, 0.25) is 0 Å². The maximum Gasteiger partial charge on any atom is 0.257 e. The fraction of sp³-hybridized carbons (Fsp3) is 0.235. The summed E-state index contributed by atoms with van der Waals surface area (Å²) in [5, 5.41) is -0.360. The highest BCUT2D eigenvalue weighted by atomic mass is 32.2. The lowest BCUT2D eigenvalue weighted by Gasteiger charge is -2.12. The summed E-state index contributed by atoms with van der Waals surface area (Å²) in [5.74, 6) is 0.192. The van der Waals surface area contributed by atoms with Crippen molar-refractivity contribution in [1.82, 2.24) is 14.4 Å². The van der Waals surface area contributed by atoms with Crippen LogP contribution in [0.25, 0.3) is 16.8 Å². The van der Waals surface area contributed by atoms with Crippen molar-refractivity contribution in [3.05, 3.63) is 53.2 Å². The molecule has 26 heavy (non-hydrogen) atoms. The van der Waals surface area contributed by atoms with Crippen LogP contribution in [0.5, 0.6) is 5.88 Å². The average molecular weight is 372 g/mol. The Morgan fingerprint density at radius 2 is 2.00 bits per heavy atom. The topological polar surface area (TPSA) is 103 Å². The number of nitrogens with one attached hydrogen (secondary N) is 1. The number of methoxy groups -OCH3 is 1. The van der Waals surface area contributed by atoms with E-state index in [1.165, 1.54) is 23.8 Å². The smallest absolute Gasteiger partial charge is 0.257 e. The third-order valence-corrected chi connectivity index (χ3v) is 6.04. The number of anilines is 1. The minimum Gasteiger partial charge on any atom is -0.480 e. The normalized spacial score (nSPS) is 14.3. The van der Waals surface area contributed by atoms with Gasteiger partial charge in [-0.05, 0) is 31.0 Å². The Hall–Kier alpha value is -2.94. The van der Waals surface area contributed by atoms with Crippen molar-refractivity contribution in [2.24, 2.45) is 0 Å². The van der Waals surface area contributed by atoms with Crippen LogP contribution in [0, 0.1) is 0 Å². The Balaban J connectivity index is 1.78. The van der Waals surface area contributed by atoms with E-state index < -0.39 is 10.0 Å². The van der Waals surface area contributed by atoms with E-state index in [0.717, 1.165) is 0 Å². The lowest BCUT2D eigenvalue weighted by molar-refractivity contribution is 0.400. The summed E-state index contributed by atoms with van der Waals surface area (Å²) in [4.78, 5) is 20.3. The van der Waals surface area contributed by atoms with Gasteiger partial charge in [-0.25, -0.2) is 18.4 Å². The number of hydrogen-bond acceptors (Lipinski definition) is 6.